The molecule has 1 amide bonds. The Balaban J connectivity index is 2.15. The van der Waals surface area contributed by atoms with Gasteiger partial charge in [-0.1, -0.05) is 0 Å². The first-order chi connectivity index (χ1) is 11.2. The summed E-state index contributed by atoms with van der Waals surface area (Å²) in [5.41, 5.74) is 0.0955. The molecule has 0 fully saturated rings. The molecule has 0 saturated carbocycles. The Labute approximate surface area is 146 Å². The monoisotopic (exact) mass is 397 g/mol. The fraction of sp³-hybridized carbons (Fsp3) is 0.312. The van der Waals surface area contributed by atoms with Crippen molar-refractivity contribution in [2.45, 2.75) is 32.2 Å². The van der Waals surface area contributed by atoms with Crippen LogP contribution >= 0.6 is 15.9 Å². The molecule has 0 radical (unpaired) electrons. The lowest BCUT2D eigenvalue weighted by molar-refractivity contribution is -0.137. The number of aromatic nitrogens is 2. The maximum absolute atomic E-state index is 13.0. The second kappa shape index (κ2) is 7.12. The summed E-state index contributed by atoms with van der Waals surface area (Å²) in [5.74, 6) is -1.69. The van der Waals surface area contributed by atoms with Gasteiger partial charge in [-0.05, 0) is 60.5 Å². The molecular formula is C16H17BrFN3O3. The minimum absolute atomic E-state index is 0.0432. The summed E-state index contributed by atoms with van der Waals surface area (Å²) in [7, 11) is 0. The van der Waals surface area contributed by atoms with Gasteiger partial charge in [0.15, 0.2) is 5.69 Å². The van der Waals surface area contributed by atoms with Crippen LogP contribution in [0.3, 0.4) is 0 Å². The average molecular weight is 398 g/mol. The molecule has 128 valence electrons. The number of hydrogen-bond donors (Lipinski definition) is 2. The van der Waals surface area contributed by atoms with Gasteiger partial charge >= 0.3 is 5.97 Å². The van der Waals surface area contributed by atoms with E-state index in [2.05, 4.69) is 26.3 Å². The second-order valence-corrected chi connectivity index (χ2v) is 6.83. The smallest absolute Gasteiger partial charge is 0.303 e. The van der Waals surface area contributed by atoms with Gasteiger partial charge in [0, 0.05) is 18.2 Å². The maximum atomic E-state index is 13.0. The van der Waals surface area contributed by atoms with Gasteiger partial charge in [-0.25, -0.2) is 9.07 Å². The third-order valence-corrected chi connectivity index (χ3v) is 3.97. The molecule has 1 heterocycles. The summed E-state index contributed by atoms with van der Waals surface area (Å²) >= 11 is 3.29. The van der Waals surface area contributed by atoms with Crippen LogP contribution in [0.1, 0.15) is 37.2 Å². The van der Waals surface area contributed by atoms with Crippen LogP contribution < -0.4 is 5.32 Å². The lowest BCUT2D eigenvalue weighted by atomic mass is 9.98. The fourth-order valence-corrected chi connectivity index (χ4v) is 2.53. The fourth-order valence-electron chi connectivity index (χ4n) is 2.08. The molecule has 0 aliphatic carbocycles. The summed E-state index contributed by atoms with van der Waals surface area (Å²) in [5, 5.41) is 15.7. The topological polar surface area (TPSA) is 84.2 Å². The van der Waals surface area contributed by atoms with Crippen molar-refractivity contribution in [2.75, 3.05) is 0 Å². The molecule has 0 bridgehead atoms. The van der Waals surface area contributed by atoms with Crippen LogP contribution in [0, 0.1) is 5.82 Å². The molecule has 1 aromatic heterocycles. The second-order valence-electron chi connectivity index (χ2n) is 5.98. The van der Waals surface area contributed by atoms with Crippen molar-refractivity contribution in [1.82, 2.24) is 15.1 Å². The van der Waals surface area contributed by atoms with Crippen molar-refractivity contribution in [3.8, 4) is 5.69 Å². The molecule has 1 aromatic carbocycles. The number of hydrogen-bond acceptors (Lipinski definition) is 3. The Hall–Kier alpha value is -2.22. The highest BCUT2D eigenvalue weighted by molar-refractivity contribution is 9.10. The standard InChI is InChI=1S/C16H17BrFN3O3/c1-16(2,8-7-13(22)23)19-15(24)14-12(17)9-21(20-14)11-5-3-10(18)4-6-11/h3-6,9H,7-8H2,1-2H3,(H,19,24)(H,22,23). The zero-order chi connectivity index (χ0) is 17.9. The highest BCUT2D eigenvalue weighted by Gasteiger charge is 2.25. The van der Waals surface area contributed by atoms with Crippen LogP contribution in [-0.4, -0.2) is 32.3 Å². The predicted octanol–water partition coefficient (Wildman–Crippen LogP) is 3.15. The molecule has 0 aliphatic heterocycles. The molecule has 24 heavy (non-hydrogen) atoms. The number of aliphatic carboxylic acids is 1. The SMILES string of the molecule is CC(C)(CCC(=O)O)NC(=O)c1nn(-c2ccc(F)cc2)cc1Br. The van der Waals surface area contributed by atoms with Crippen molar-refractivity contribution in [3.63, 3.8) is 0 Å². The molecule has 0 unspecified atom stereocenters. The summed E-state index contributed by atoms with van der Waals surface area (Å²) in [6.07, 6.45) is 1.86. The number of carbonyl (C=O) groups excluding carboxylic acids is 1. The van der Waals surface area contributed by atoms with E-state index in [0.717, 1.165) is 0 Å². The normalized spacial score (nSPS) is 11.3. The van der Waals surface area contributed by atoms with E-state index in [4.69, 9.17) is 5.11 Å². The van der Waals surface area contributed by atoms with Gasteiger partial charge in [-0.3, -0.25) is 9.59 Å². The van der Waals surface area contributed by atoms with E-state index >= 15 is 0 Å². The van der Waals surface area contributed by atoms with Crippen molar-refractivity contribution in [3.05, 3.63) is 46.4 Å². The number of carbonyl (C=O) groups is 2. The van der Waals surface area contributed by atoms with Gasteiger partial charge in [0.05, 0.1) is 10.2 Å². The van der Waals surface area contributed by atoms with E-state index in [0.29, 0.717) is 16.6 Å². The quantitative estimate of drug-likeness (QED) is 0.783. The Morgan fingerprint density at radius 2 is 1.96 bits per heavy atom. The van der Waals surface area contributed by atoms with Crippen LogP contribution in [0.25, 0.3) is 5.69 Å². The summed E-state index contributed by atoms with van der Waals surface area (Å²) in [6, 6.07) is 5.71. The van der Waals surface area contributed by atoms with Gasteiger partial charge in [0.25, 0.3) is 5.91 Å². The number of amides is 1. The number of halogens is 2. The highest BCUT2D eigenvalue weighted by Crippen LogP contribution is 2.20. The molecule has 2 rings (SSSR count). The highest BCUT2D eigenvalue weighted by atomic mass is 79.9. The molecule has 2 N–H and O–H groups in total. The molecule has 8 heteroatoms. The number of carboxylic acid groups (broad SMARTS) is 1. The van der Waals surface area contributed by atoms with Crippen molar-refractivity contribution in [2.24, 2.45) is 0 Å². The average Bonchev–Trinajstić information content (AvgIpc) is 2.88. The summed E-state index contributed by atoms with van der Waals surface area (Å²) in [6.45, 7) is 3.50. The Morgan fingerprint density at radius 1 is 1.33 bits per heavy atom. The maximum Gasteiger partial charge on any atom is 0.303 e. The summed E-state index contributed by atoms with van der Waals surface area (Å²) < 4.78 is 14.9. The molecule has 6 nitrogen and oxygen atoms in total. The van der Waals surface area contributed by atoms with Gasteiger partial charge < -0.3 is 10.4 Å². The van der Waals surface area contributed by atoms with Gasteiger partial charge in [-0.2, -0.15) is 5.10 Å². The predicted molar refractivity (Wildman–Crippen MR) is 89.6 cm³/mol. The van der Waals surface area contributed by atoms with Crippen LogP contribution in [0.4, 0.5) is 4.39 Å². The zero-order valence-electron chi connectivity index (χ0n) is 13.2. The number of nitrogens with one attached hydrogen (secondary N) is 1. The van der Waals surface area contributed by atoms with E-state index in [-0.39, 0.29) is 17.9 Å². The van der Waals surface area contributed by atoms with E-state index in [1.54, 1.807) is 32.2 Å². The number of rotatable bonds is 6. The van der Waals surface area contributed by atoms with Crippen molar-refractivity contribution < 1.29 is 19.1 Å². The Morgan fingerprint density at radius 3 is 2.54 bits per heavy atom. The minimum Gasteiger partial charge on any atom is -0.481 e. The van der Waals surface area contributed by atoms with E-state index in [1.165, 1.54) is 16.8 Å². The van der Waals surface area contributed by atoms with Crippen LogP contribution in [0.15, 0.2) is 34.9 Å². The van der Waals surface area contributed by atoms with Crippen molar-refractivity contribution in [1.29, 1.82) is 0 Å². The molecule has 2 aromatic rings. The van der Waals surface area contributed by atoms with Crippen molar-refractivity contribution >= 4 is 27.8 Å². The van der Waals surface area contributed by atoms with Crippen LogP contribution in [-0.2, 0) is 4.79 Å². The third kappa shape index (κ3) is 4.64. The first-order valence-corrected chi connectivity index (χ1v) is 8.03. The lowest BCUT2D eigenvalue weighted by Crippen LogP contribution is -2.44. The van der Waals surface area contributed by atoms with Gasteiger partial charge in [0.1, 0.15) is 5.82 Å². The first kappa shape index (κ1) is 18.1. The zero-order valence-corrected chi connectivity index (χ0v) is 14.8. The van der Waals surface area contributed by atoms with E-state index in [1.807, 2.05) is 0 Å². The number of nitrogens with zero attached hydrogens (tertiary/aromatic N) is 2. The van der Waals surface area contributed by atoms with E-state index in [9.17, 15) is 14.0 Å². The van der Waals surface area contributed by atoms with Gasteiger partial charge in [0.2, 0.25) is 0 Å². The first-order valence-electron chi connectivity index (χ1n) is 7.23. The Kier molecular flexibility index (Phi) is 5.38. The summed E-state index contributed by atoms with van der Waals surface area (Å²) in [4.78, 5) is 23.1. The number of benzene rings is 1. The van der Waals surface area contributed by atoms with Gasteiger partial charge in [-0.15, -0.1) is 0 Å². The van der Waals surface area contributed by atoms with Crippen LogP contribution in [0.2, 0.25) is 0 Å². The lowest BCUT2D eigenvalue weighted by Gasteiger charge is -2.25. The molecule has 0 atom stereocenters. The molecular weight excluding hydrogens is 381 g/mol. The molecule has 0 aliphatic rings. The third-order valence-electron chi connectivity index (χ3n) is 3.39. The molecule has 0 saturated heterocycles. The minimum atomic E-state index is -0.918. The number of carboxylic acids is 1. The Bertz CT molecular complexity index is 756. The van der Waals surface area contributed by atoms with E-state index < -0.39 is 17.4 Å². The molecule has 0 spiro atoms. The van der Waals surface area contributed by atoms with Crippen LogP contribution in [0.5, 0.6) is 0 Å². The largest absolute Gasteiger partial charge is 0.481 e.